The Balaban J connectivity index is 2.25. The lowest BCUT2D eigenvalue weighted by Gasteiger charge is -1.98. The zero-order valence-electron chi connectivity index (χ0n) is 9.78. The van der Waals surface area contributed by atoms with E-state index < -0.39 is 4.92 Å². The molecule has 0 saturated heterocycles. The molecule has 90 valence electrons. The number of azo groups is 1. The number of nitro groups is 1. The van der Waals surface area contributed by atoms with Crippen molar-refractivity contribution in [2.75, 3.05) is 0 Å². The fraction of sp³-hybridized carbons (Fsp3) is 0.0769. The van der Waals surface area contributed by atoms with Crippen molar-refractivity contribution in [1.29, 1.82) is 0 Å². The highest BCUT2D eigenvalue weighted by atomic mass is 16.6. The van der Waals surface area contributed by atoms with Crippen LogP contribution >= 0.6 is 0 Å². The zero-order valence-corrected chi connectivity index (χ0v) is 9.78. The van der Waals surface area contributed by atoms with E-state index in [1.165, 1.54) is 12.1 Å². The second kappa shape index (κ2) is 5.18. The highest BCUT2D eigenvalue weighted by Crippen LogP contribution is 2.25. The average Bonchev–Trinajstić information content (AvgIpc) is 2.38. The van der Waals surface area contributed by atoms with Crippen molar-refractivity contribution >= 4 is 17.1 Å². The van der Waals surface area contributed by atoms with Crippen molar-refractivity contribution in [2.45, 2.75) is 6.92 Å². The molecule has 0 aromatic heterocycles. The minimum Gasteiger partial charge on any atom is -0.258 e. The first-order chi connectivity index (χ1) is 8.66. The molecule has 2 aromatic rings. The molecule has 0 fully saturated rings. The molecule has 18 heavy (non-hydrogen) atoms. The summed E-state index contributed by atoms with van der Waals surface area (Å²) in [5.74, 6) is 0. The topological polar surface area (TPSA) is 67.9 Å². The molecule has 0 N–H and O–H groups in total. The predicted molar refractivity (Wildman–Crippen MR) is 68.5 cm³/mol. The van der Waals surface area contributed by atoms with E-state index >= 15 is 0 Å². The van der Waals surface area contributed by atoms with Crippen LogP contribution in [0.5, 0.6) is 0 Å². The fourth-order valence-corrected chi connectivity index (χ4v) is 1.47. The molecular weight excluding hydrogens is 230 g/mol. The van der Waals surface area contributed by atoms with Crippen LogP contribution < -0.4 is 0 Å². The summed E-state index contributed by atoms with van der Waals surface area (Å²) in [5.41, 5.74) is 2.16. The van der Waals surface area contributed by atoms with Gasteiger partial charge in [-0.3, -0.25) is 10.1 Å². The Morgan fingerprint density at radius 2 is 1.78 bits per heavy atom. The summed E-state index contributed by atoms with van der Waals surface area (Å²) in [6.45, 7) is 1.77. The van der Waals surface area contributed by atoms with Gasteiger partial charge in [-0.25, -0.2) is 0 Å². The number of aryl methyl sites for hydroxylation is 1. The van der Waals surface area contributed by atoms with Gasteiger partial charge in [0.1, 0.15) is 0 Å². The van der Waals surface area contributed by atoms with Gasteiger partial charge in [-0.1, -0.05) is 18.2 Å². The van der Waals surface area contributed by atoms with Gasteiger partial charge in [0.15, 0.2) is 0 Å². The zero-order chi connectivity index (χ0) is 13.0. The first-order valence-electron chi connectivity index (χ1n) is 5.38. The third kappa shape index (κ3) is 2.76. The highest BCUT2D eigenvalue weighted by molar-refractivity contribution is 5.51. The van der Waals surface area contributed by atoms with Crippen LogP contribution in [0.4, 0.5) is 17.1 Å². The Hall–Kier alpha value is -2.56. The second-order valence-corrected chi connectivity index (χ2v) is 3.76. The number of benzene rings is 2. The van der Waals surface area contributed by atoms with Crippen LogP contribution in [0.15, 0.2) is 58.8 Å². The SMILES string of the molecule is Cc1cc([N+](=O)[O-])ccc1/N=N/c1ccccc1. The van der Waals surface area contributed by atoms with Crippen LogP contribution in [0.1, 0.15) is 5.56 Å². The Kier molecular flexibility index (Phi) is 3.43. The first kappa shape index (κ1) is 11.9. The van der Waals surface area contributed by atoms with Crippen LogP contribution in [0.2, 0.25) is 0 Å². The van der Waals surface area contributed by atoms with Crippen molar-refractivity contribution in [1.82, 2.24) is 0 Å². The van der Waals surface area contributed by atoms with Crippen LogP contribution in [-0.4, -0.2) is 4.92 Å². The summed E-state index contributed by atoms with van der Waals surface area (Å²) in [7, 11) is 0. The molecule has 0 atom stereocenters. The van der Waals surface area contributed by atoms with E-state index in [0.717, 1.165) is 11.3 Å². The van der Waals surface area contributed by atoms with Gasteiger partial charge < -0.3 is 0 Å². The van der Waals surface area contributed by atoms with Gasteiger partial charge in [0, 0.05) is 12.1 Å². The molecule has 0 amide bonds. The molecule has 0 unspecified atom stereocenters. The molecule has 2 aromatic carbocycles. The minimum atomic E-state index is -0.425. The van der Waals surface area contributed by atoms with Gasteiger partial charge in [-0.15, -0.1) is 0 Å². The molecule has 0 aliphatic rings. The highest BCUT2D eigenvalue weighted by Gasteiger charge is 2.07. The molecule has 2 rings (SSSR count). The average molecular weight is 241 g/mol. The summed E-state index contributed by atoms with van der Waals surface area (Å²) in [4.78, 5) is 10.2. The van der Waals surface area contributed by atoms with Crippen LogP contribution in [0.3, 0.4) is 0 Å². The summed E-state index contributed by atoms with van der Waals surface area (Å²) < 4.78 is 0. The van der Waals surface area contributed by atoms with Crippen molar-refractivity contribution in [3.63, 3.8) is 0 Å². The fourth-order valence-electron chi connectivity index (χ4n) is 1.47. The quantitative estimate of drug-likeness (QED) is 0.456. The van der Waals surface area contributed by atoms with E-state index in [-0.39, 0.29) is 5.69 Å². The molecule has 0 spiro atoms. The lowest BCUT2D eigenvalue weighted by molar-refractivity contribution is -0.384. The number of non-ortho nitro benzene ring substituents is 1. The van der Waals surface area contributed by atoms with E-state index in [1.807, 2.05) is 30.3 Å². The Morgan fingerprint density at radius 1 is 1.06 bits per heavy atom. The Labute approximate surface area is 104 Å². The number of hydrogen-bond donors (Lipinski definition) is 0. The molecule has 0 aliphatic carbocycles. The van der Waals surface area contributed by atoms with Gasteiger partial charge in [0.25, 0.3) is 5.69 Å². The third-order valence-corrected chi connectivity index (χ3v) is 2.42. The van der Waals surface area contributed by atoms with E-state index in [4.69, 9.17) is 0 Å². The lowest BCUT2D eigenvalue weighted by atomic mass is 10.2. The summed E-state index contributed by atoms with van der Waals surface area (Å²) >= 11 is 0. The Morgan fingerprint density at radius 3 is 2.39 bits per heavy atom. The molecule has 5 heteroatoms. The van der Waals surface area contributed by atoms with Crippen LogP contribution in [0.25, 0.3) is 0 Å². The van der Waals surface area contributed by atoms with E-state index in [1.54, 1.807) is 13.0 Å². The number of hydrogen-bond acceptors (Lipinski definition) is 4. The smallest absolute Gasteiger partial charge is 0.258 e. The first-order valence-corrected chi connectivity index (χ1v) is 5.38. The Bertz CT molecular complexity index is 594. The molecule has 0 heterocycles. The molecule has 5 nitrogen and oxygen atoms in total. The summed E-state index contributed by atoms with van der Waals surface area (Å²) in [6.07, 6.45) is 0. The maximum atomic E-state index is 10.6. The normalized spacial score (nSPS) is 10.7. The summed E-state index contributed by atoms with van der Waals surface area (Å²) in [5, 5.41) is 18.7. The third-order valence-electron chi connectivity index (χ3n) is 2.42. The number of rotatable bonds is 3. The van der Waals surface area contributed by atoms with Gasteiger partial charge in [-0.2, -0.15) is 10.2 Å². The standard InChI is InChI=1S/C13H11N3O2/c1-10-9-12(16(17)18)7-8-13(10)15-14-11-5-3-2-4-6-11/h2-9H,1H3/b15-14+. The van der Waals surface area contributed by atoms with Gasteiger partial charge >= 0.3 is 0 Å². The van der Waals surface area contributed by atoms with Gasteiger partial charge in [0.05, 0.1) is 16.3 Å². The molecule has 0 aliphatic heterocycles. The maximum Gasteiger partial charge on any atom is 0.269 e. The minimum absolute atomic E-state index is 0.0613. The second-order valence-electron chi connectivity index (χ2n) is 3.76. The van der Waals surface area contributed by atoms with Crippen molar-refractivity contribution < 1.29 is 4.92 Å². The number of nitrogens with zero attached hydrogens (tertiary/aromatic N) is 3. The largest absolute Gasteiger partial charge is 0.269 e. The molecular formula is C13H11N3O2. The van der Waals surface area contributed by atoms with E-state index in [2.05, 4.69) is 10.2 Å². The van der Waals surface area contributed by atoms with Crippen LogP contribution in [-0.2, 0) is 0 Å². The molecule has 0 saturated carbocycles. The van der Waals surface area contributed by atoms with Crippen molar-refractivity contribution in [3.8, 4) is 0 Å². The predicted octanol–water partition coefficient (Wildman–Crippen LogP) is 4.32. The van der Waals surface area contributed by atoms with Crippen LogP contribution in [0, 0.1) is 17.0 Å². The van der Waals surface area contributed by atoms with E-state index in [0.29, 0.717) is 5.69 Å². The summed E-state index contributed by atoms with van der Waals surface area (Å²) in [6, 6.07) is 13.8. The lowest BCUT2D eigenvalue weighted by Crippen LogP contribution is -1.87. The van der Waals surface area contributed by atoms with Gasteiger partial charge in [0.2, 0.25) is 0 Å². The van der Waals surface area contributed by atoms with Crippen molar-refractivity contribution in [2.24, 2.45) is 10.2 Å². The van der Waals surface area contributed by atoms with Crippen molar-refractivity contribution in [3.05, 3.63) is 64.2 Å². The monoisotopic (exact) mass is 241 g/mol. The van der Waals surface area contributed by atoms with Gasteiger partial charge in [-0.05, 0) is 30.7 Å². The number of nitro benzene ring substituents is 1. The molecule has 0 bridgehead atoms. The molecule has 0 radical (unpaired) electrons. The maximum absolute atomic E-state index is 10.6. The van der Waals surface area contributed by atoms with E-state index in [9.17, 15) is 10.1 Å².